The predicted octanol–water partition coefficient (Wildman–Crippen LogP) is 24.0. The number of hydrogen-bond acceptors (Lipinski definition) is 4. The third-order valence-electron chi connectivity index (χ3n) is 19.8. The molecule has 15 aromatic rings. The van der Waals surface area contributed by atoms with Gasteiger partial charge >= 0.3 is 0 Å². The molecule has 438 valence electrons. The Balaban J connectivity index is 0.802. The standard InChI is InChI=1S/C86H72N2O2/c1-83(2,61-21-13-9-14-22-61)65-31-41-69(42-32-65)87(70-43-33-66(34-44-70)84(3,4)62-23-15-10-16-24-62)73-39-29-57-53-75-79(55-59(57)51-73)89-77-49-50-78-82(81(75)77)76-54-58-30-40-74(52-60(58)56-80(76)90-78)88(71-45-35-67(36-46-71)85(5,6)63-25-17-11-18-26-63)72-47-37-68(38-48-72)86(7,8)64-27-19-12-20-28-64/h9-56H,1-8H3. The zero-order valence-corrected chi connectivity index (χ0v) is 52.4. The summed E-state index contributed by atoms with van der Waals surface area (Å²) in [5.41, 5.74) is 19.3. The number of anilines is 6. The van der Waals surface area contributed by atoms with Gasteiger partial charge in [-0.2, -0.15) is 0 Å². The molecule has 4 heteroatoms. The second kappa shape index (κ2) is 21.7. The van der Waals surface area contributed by atoms with Gasteiger partial charge in [-0.3, -0.25) is 0 Å². The van der Waals surface area contributed by atoms with E-state index in [9.17, 15) is 0 Å². The number of furan rings is 2. The molecule has 0 amide bonds. The maximum Gasteiger partial charge on any atom is 0.136 e. The summed E-state index contributed by atoms with van der Waals surface area (Å²) in [5, 5.41) is 8.69. The van der Waals surface area contributed by atoms with Crippen molar-refractivity contribution in [3.8, 4) is 0 Å². The van der Waals surface area contributed by atoms with Crippen molar-refractivity contribution in [1.82, 2.24) is 0 Å². The van der Waals surface area contributed by atoms with Gasteiger partial charge in [0.25, 0.3) is 0 Å². The van der Waals surface area contributed by atoms with Gasteiger partial charge in [-0.25, -0.2) is 0 Å². The minimum absolute atomic E-state index is 0.170. The first kappa shape index (κ1) is 56.1. The quantitative estimate of drug-likeness (QED) is 0.109. The van der Waals surface area contributed by atoms with Crippen molar-refractivity contribution in [2.45, 2.75) is 77.0 Å². The van der Waals surface area contributed by atoms with Gasteiger partial charge in [-0.05, 0) is 175 Å². The van der Waals surface area contributed by atoms with E-state index < -0.39 is 0 Å². The highest BCUT2D eigenvalue weighted by atomic mass is 16.3. The molecule has 13 aromatic carbocycles. The zero-order valence-electron chi connectivity index (χ0n) is 52.4. The SMILES string of the molecule is CC(C)(c1ccccc1)c1ccc(N(c2ccc(C(C)(C)c3ccccc3)cc2)c2ccc3cc4c(cc3c2)oc2ccc3oc5cc6cc(N(c7ccc(C(C)(C)c8ccccc8)cc7)c7ccc(C(C)(C)c8ccccc8)cc7)ccc6cc5c3c24)cc1. The van der Waals surface area contributed by atoms with E-state index in [1.807, 2.05) is 0 Å². The summed E-state index contributed by atoms with van der Waals surface area (Å²) in [7, 11) is 0. The van der Waals surface area contributed by atoms with Gasteiger partial charge in [-0.1, -0.05) is 237 Å². The maximum absolute atomic E-state index is 6.87. The Kier molecular flexibility index (Phi) is 13.5. The first-order chi connectivity index (χ1) is 43.6. The Morgan fingerprint density at radius 3 is 0.722 bits per heavy atom. The second-order valence-electron chi connectivity index (χ2n) is 26.6. The van der Waals surface area contributed by atoms with Crippen molar-refractivity contribution in [3.63, 3.8) is 0 Å². The van der Waals surface area contributed by atoms with Crippen LogP contribution in [0.4, 0.5) is 34.1 Å². The molecule has 0 radical (unpaired) electrons. The number of rotatable bonds is 14. The van der Waals surface area contributed by atoms with Crippen molar-refractivity contribution in [3.05, 3.63) is 336 Å². The van der Waals surface area contributed by atoms with E-state index in [0.29, 0.717) is 0 Å². The highest BCUT2D eigenvalue weighted by Gasteiger charge is 2.29. The molecule has 0 saturated heterocycles. The van der Waals surface area contributed by atoms with Crippen LogP contribution in [-0.4, -0.2) is 0 Å². The fourth-order valence-corrected chi connectivity index (χ4v) is 14.0. The normalized spacial score (nSPS) is 12.4. The molecule has 0 aliphatic heterocycles. The Morgan fingerprint density at radius 1 is 0.211 bits per heavy atom. The Labute approximate surface area is 527 Å². The van der Waals surface area contributed by atoms with Crippen LogP contribution in [0.25, 0.3) is 65.4 Å². The minimum Gasteiger partial charge on any atom is -0.456 e. The van der Waals surface area contributed by atoms with E-state index in [1.54, 1.807) is 0 Å². The molecule has 0 saturated carbocycles. The summed E-state index contributed by atoms with van der Waals surface area (Å²) in [6.07, 6.45) is 0. The van der Waals surface area contributed by atoms with Crippen molar-refractivity contribution in [1.29, 1.82) is 0 Å². The molecule has 0 spiro atoms. The van der Waals surface area contributed by atoms with Crippen LogP contribution in [-0.2, 0) is 21.7 Å². The third kappa shape index (κ3) is 9.70. The molecule has 0 atom stereocenters. The highest BCUT2D eigenvalue weighted by molar-refractivity contribution is 6.28. The van der Waals surface area contributed by atoms with Gasteiger partial charge in [0.2, 0.25) is 0 Å². The molecule has 4 nitrogen and oxygen atoms in total. The van der Waals surface area contributed by atoms with Gasteiger partial charge < -0.3 is 18.6 Å². The molecule has 0 aliphatic carbocycles. The van der Waals surface area contributed by atoms with Crippen molar-refractivity contribution >= 4 is 99.5 Å². The summed E-state index contributed by atoms with van der Waals surface area (Å²) < 4.78 is 13.7. The molecule has 0 unspecified atom stereocenters. The van der Waals surface area contributed by atoms with E-state index in [4.69, 9.17) is 8.83 Å². The number of nitrogens with zero attached hydrogens (tertiary/aromatic N) is 2. The van der Waals surface area contributed by atoms with Gasteiger partial charge in [-0.15, -0.1) is 0 Å². The Hall–Kier alpha value is -10.4. The molecule has 0 bridgehead atoms. The van der Waals surface area contributed by atoms with Crippen molar-refractivity contribution in [2.75, 3.05) is 9.80 Å². The van der Waals surface area contributed by atoms with Gasteiger partial charge in [0.1, 0.15) is 22.3 Å². The molecular formula is C86H72N2O2. The van der Waals surface area contributed by atoms with E-state index in [-0.39, 0.29) is 21.7 Å². The second-order valence-corrected chi connectivity index (χ2v) is 26.6. The van der Waals surface area contributed by atoms with E-state index in [2.05, 4.69) is 356 Å². The lowest BCUT2D eigenvalue weighted by Crippen LogP contribution is -2.19. The molecule has 0 aliphatic rings. The fourth-order valence-electron chi connectivity index (χ4n) is 14.0. The monoisotopic (exact) mass is 1160 g/mol. The van der Waals surface area contributed by atoms with Gasteiger partial charge in [0.15, 0.2) is 0 Å². The van der Waals surface area contributed by atoms with Crippen LogP contribution in [0.3, 0.4) is 0 Å². The van der Waals surface area contributed by atoms with Crippen molar-refractivity contribution in [2.24, 2.45) is 0 Å². The summed E-state index contributed by atoms with van der Waals surface area (Å²) >= 11 is 0. The fraction of sp³-hybridized carbons (Fsp3) is 0.140. The molecule has 15 rings (SSSR count). The van der Waals surface area contributed by atoms with Gasteiger partial charge in [0.05, 0.1) is 0 Å². The first-order valence-corrected chi connectivity index (χ1v) is 31.5. The zero-order chi connectivity index (χ0) is 61.5. The topological polar surface area (TPSA) is 32.8 Å². The number of benzene rings is 13. The van der Waals surface area contributed by atoms with Crippen LogP contribution in [0.5, 0.6) is 0 Å². The van der Waals surface area contributed by atoms with Crippen LogP contribution >= 0.6 is 0 Å². The molecule has 0 fully saturated rings. The smallest absolute Gasteiger partial charge is 0.136 e. The highest BCUT2D eigenvalue weighted by Crippen LogP contribution is 2.47. The molecule has 2 aromatic heterocycles. The molecule has 2 heterocycles. The van der Waals surface area contributed by atoms with Crippen LogP contribution in [0.15, 0.2) is 300 Å². The Bertz CT molecular complexity index is 4600. The van der Waals surface area contributed by atoms with Gasteiger partial charge in [0, 0.05) is 77.3 Å². The maximum atomic E-state index is 6.87. The largest absolute Gasteiger partial charge is 0.456 e. The number of fused-ring (bicyclic) bond motifs is 9. The van der Waals surface area contributed by atoms with Crippen LogP contribution < -0.4 is 9.80 Å². The molecular weight excluding hydrogens is 1090 g/mol. The van der Waals surface area contributed by atoms with E-state index in [0.717, 1.165) is 99.5 Å². The van der Waals surface area contributed by atoms with Crippen LogP contribution in [0.2, 0.25) is 0 Å². The average molecular weight is 1170 g/mol. The average Bonchev–Trinajstić information content (AvgIpc) is 1.56. The Morgan fingerprint density at radius 2 is 0.456 bits per heavy atom. The predicted molar refractivity (Wildman–Crippen MR) is 380 cm³/mol. The lowest BCUT2D eigenvalue weighted by atomic mass is 9.78. The minimum atomic E-state index is -0.170. The molecule has 90 heavy (non-hydrogen) atoms. The van der Waals surface area contributed by atoms with E-state index >= 15 is 0 Å². The lowest BCUT2D eigenvalue weighted by molar-refractivity contribution is 0.640. The van der Waals surface area contributed by atoms with Crippen LogP contribution in [0.1, 0.15) is 99.9 Å². The molecule has 0 N–H and O–H groups in total. The summed E-state index contributed by atoms with van der Waals surface area (Å²) in [5.74, 6) is 0. The van der Waals surface area contributed by atoms with Crippen LogP contribution in [0, 0.1) is 0 Å². The first-order valence-electron chi connectivity index (χ1n) is 31.5. The summed E-state index contributed by atoms with van der Waals surface area (Å²) in [6.45, 7) is 18.4. The van der Waals surface area contributed by atoms with E-state index in [1.165, 1.54) is 44.5 Å². The third-order valence-corrected chi connectivity index (χ3v) is 19.8. The summed E-state index contributed by atoms with van der Waals surface area (Å²) in [6, 6.07) is 106. The number of hydrogen-bond donors (Lipinski definition) is 0. The van der Waals surface area contributed by atoms with Crippen molar-refractivity contribution < 1.29 is 8.83 Å². The lowest BCUT2D eigenvalue weighted by Gasteiger charge is -2.30. The summed E-state index contributed by atoms with van der Waals surface area (Å²) in [4.78, 5) is 4.76.